The minimum Gasteiger partial charge on any atom is -0.399 e. The number of aryl methyl sites for hydroxylation is 1. The maximum atomic E-state index is 6.69. The molecule has 0 radical (unpaired) electrons. The van der Waals surface area contributed by atoms with E-state index in [0.29, 0.717) is 0 Å². The van der Waals surface area contributed by atoms with Crippen molar-refractivity contribution in [2.24, 2.45) is 0 Å². The molecule has 0 aromatic heterocycles. The lowest BCUT2D eigenvalue weighted by atomic mass is 9.72. The van der Waals surface area contributed by atoms with Crippen LogP contribution < -0.4 is 5.19 Å². The van der Waals surface area contributed by atoms with E-state index in [4.69, 9.17) is 9.31 Å². The lowest BCUT2D eigenvalue weighted by molar-refractivity contribution is 0.00578. The van der Waals surface area contributed by atoms with Gasteiger partial charge in [0.05, 0.1) is 11.2 Å². The predicted molar refractivity (Wildman–Crippen MR) is 144 cm³/mol. The molecule has 0 bridgehead atoms. The second-order valence-electron chi connectivity index (χ2n) is 10.6. The van der Waals surface area contributed by atoms with E-state index in [0.717, 1.165) is 11.0 Å². The first-order chi connectivity index (χ1) is 15.5. The third kappa shape index (κ3) is 4.52. The molecular formula is C29H35BO2Si. The van der Waals surface area contributed by atoms with Crippen molar-refractivity contribution in [2.75, 3.05) is 0 Å². The van der Waals surface area contributed by atoms with Crippen LogP contribution in [-0.2, 0) is 9.31 Å². The zero-order valence-corrected chi connectivity index (χ0v) is 22.0. The molecule has 3 aromatic carbocycles. The van der Waals surface area contributed by atoms with Gasteiger partial charge < -0.3 is 9.31 Å². The molecule has 2 nitrogen and oxygen atoms in total. The van der Waals surface area contributed by atoms with Crippen molar-refractivity contribution in [3.63, 3.8) is 0 Å². The lowest BCUT2D eigenvalue weighted by Crippen LogP contribution is -2.44. The van der Waals surface area contributed by atoms with Crippen LogP contribution in [0.2, 0.25) is 13.1 Å². The quantitative estimate of drug-likeness (QED) is 0.316. The molecule has 33 heavy (non-hydrogen) atoms. The monoisotopic (exact) mass is 454 g/mol. The van der Waals surface area contributed by atoms with Crippen molar-refractivity contribution in [1.82, 2.24) is 0 Å². The van der Waals surface area contributed by atoms with Gasteiger partial charge in [0.1, 0.15) is 8.07 Å². The average Bonchev–Trinajstić information content (AvgIpc) is 3.00. The second kappa shape index (κ2) is 8.75. The van der Waals surface area contributed by atoms with E-state index in [1.54, 1.807) is 0 Å². The summed E-state index contributed by atoms with van der Waals surface area (Å²) in [5, 5.41) is 2.75. The predicted octanol–water partition coefficient (Wildman–Crippen LogP) is 6.69. The summed E-state index contributed by atoms with van der Waals surface area (Å²) in [6, 6.07) is 30.5. The summed E-state index contributed by atoms with van der Waals surface area (Å²) < 4.78 is 13.4. The molecular weight excluding hydrogens is 419 g/mol. The van der Waals surface area contributed by atoms with E-state index >= 15 is 0 Å². The molecule has 0 amide bonds. The topological polar surface area (TPSA) is 18.5 Å². The van der Waals surface area contributed by atoms with Crippen molar-refractivity contribution in [3.05, 3.63) is 102 Å². The molecule has 170 valence electrons. The Hall–Kier alpha value is -2.40. The molecule has 0 N–H and O–H groups in total. The van der Waals surface area contributed by atoms with Gasteiger partial charge in [0.25, 0.3) is 0 Å². The summed E-state index contributed by atoms with van der Waals surface area (Å²) in [6.45, 7) is 15.5. The normalized spacial score (nSPS) is 18.2. The molecule has 4 rings (SSSR count). The first-order valence-corrected chi connectivity index (χ1v) is 14.8. The van der Waals surface area contributed by atoms with Gasteiger partial charge in [-0.15, -0.1) is 0 Å². The Bertz CT molecular complexity index is 1120. The maximum Gasteiger partial charge on any atom is 0.495 e. The van der Waals surface area contributed by atoms with Crippen molar-refractivity contribution >= 4 is 31.0 Å². The molecule has 1 aliphatic heterocycles. The molecule has 0 aliphatic carbocycles. The first-order valence-electron chi connectivity index (χ1n) is 11.8. The van der Waals surface area contributed by atoms with Gasteiger partial charge in [-0.3, -0.25) is 0 Å². The Morgan fingerprint density at radius 3 is 1.67 bits per heavy atom. The minimum atomic E-state index is -2.15. The van der Waals surface area contributed by atoms with E-state index < -0.39 is 26.4 Å². The SMILES string of the molecule is Cc1ccc(/C(B2OC(C)(C)C(C)(C)O2)=C(\c2ccccc2)[Si](C)(C)c2ccccc2)cc1. The molecule has 0 atom stereocenters. The summed E-state index contributed by atoms with van der Waals surface area (Å²) in [6.07, 6.45) is 0. The highest BCUT2D eigenvalue weighted by atomic mass is 28.3. The molecule has 1 aliphatic rings. The summed E-state index contributed by atoms with van der Waals surface area (Å²) >= 11 is 0. The molecule has 4 heteroatoms. The van der Waals surface area contributed by atoms with Gasteiger partial charge in [-0.25, -0.2) is 0 Å². The van der Waals surface area contributed by atoms with Crippen LogP contribution in [0.5, 0.6) is 0 Å². The number of hydrogen-bond donors (Lipinski definition) is 0. The third-order valence-electron chi connectivity index (χ3n) is 7.30. The summed E-state index contributed by atoms with van der Waals surface area (Å²) in [5.74, 6) is 0. The average molecular weight is 454 g/mol. The molecule has 0 spiro atoms. The van der Waals surface area contributed by atoms with Crippen molar-refractivity contribution in [1.29, 1.82) is 0 Å². The minimum absolute atomic E-state index is 0.409. The van der Waals surface area contributed by atoms with Crippen molar-refractivity contribution < 1.29 is 9.31 Å². The summed E-state index contributed by atoms with van der Waals surface area (Å²) in [4.78, 5) is 0. The number of benzene rings is 3. The molecule has 0 unspecified atom stereocenters. The van der Waals surface area contributed by atoms with E-state index in [2.05, 4.69) is 133 Å². The van der Waals surface area contributed by atoms with Crippen LogP contribution in [0, 0.1) is 6.92 Å². The van der Waals surface area contributed by atoms with E-state index in [1.807, 2.05) is 0 Å². The molecule has 1 heterocycles. The van der Waals surface area contributed by atoms with Crippen LogP contribution in [0.25, 0.3) is 10.7 Å². The highest BCUT2D eigenvalue weighted by molar-refractivity contribution is 7.07. The summed E-state index contributed by atoms with van der Waals surface area (Å²) in [7, 11) is -2.59. The Kier molecular flexibility index (Phi) is 6.30. The zero-order valence-electron chi connectivity index (χ0n) is 21.0. The van der Waals surface area contributed by atoms with Crippen molar-refractivity contribution in [2.45, 2.75) is 58.9 Å². The highest BCUT2D eigenvalue weighted by Crippen LogP contribution is 2.44. The standard InChI is InChI=1S/C29H35BO2Si/c1-22-18-20-23(21-19-22)26(30-31-28(2,3)29(4,5)32-30)27(24-14-10-8-11-15-24)33(6,7)25-16-12-9-13-17-25/h8-21H,1-7H3/b27-26-. The van der Waals surface area contributed by atoms with E-state index in [-0.39, 0.29) is 0 Å². The fourth-order valence-electron chi connectivity index (χ4n) is 4.55. The van der Waals surface area contributed by atoms with Crippen LogP contribution in [0.15, 0.2) is 84.9 Å². The molecule has 0 saturated carbocycles. The van der Waals surface area contributed by atoms with Crippen LogP contribution in [0.3, 0.4) is 0 Å². The zero-order chi connectivity index (χ0) is 23.9. The Balaban J connectivity index is 2.04. The maximum absolute atomic E-state index is 6.69. The number of hydrogen-bond acceptors (Lipinski definition) is 2. The Labute approximate surface area is 200 Å². The molecule has 3 aromatic rings. The summed E-state index contributed by atoms with van der Waals surface area (Å²) in [5.41, 5.74) is 3.98. The largest absolute Gasteiger partial charge is 0.495 e. The number of rotatable bonds is 5. The molecule has 1 fully saturated rings. The van der Waals surface area contributed by atoms with Gasteiger partial charge in [0.15, 0.2) is 0 Å². The van der Waals surface area contributed by atoms with Crippen LogP contribution in [0.4, 0.5) is 0 Å². The Morgan fingerprint density at radius 2 is 1.15 bits per heavy atom. The van der Waals surface area contributed by atoms with Gasteiger partial charge in [0.2, 0.25) is 0 Å². The lowest BCUT2D eigenvalue weighted by Gasteiger charge is -2.32. The van der Waals surface area contributed by atoms with Crippen molar-refractivity contribution in [3.8, 4) is 0 Å². The van der Waals surface area contributed by atoms with E-state index in [9.17, 15) is 0 Å². The van der Waals surface area contributed by atoms with Gasteiger partial charge in [-0.05, 0) is 56.4 Å². The van der Waals surface area contributed by atoms with Crippen LogP contribution >= 0.6 is 0 Å². The van der Waals surface area contributed by atoms with Crippen LogP contribution in [0.1, 0.15) is 44.4 Å². The van der Waals surface area contributed by atoms with Crippen LogP contribution in [-0.4, -0.2) is 26.4 Å². The highest BCUT2D eigenvalue weighted by Gasteiger charge is 2.54. The van der Waals surface area contributed by atoms with E-state index in [1.165, 1.54) is 21.5 Å². The second-order valence-corrected chi connectivity index (χ2v) is 14.9. The Morgan fingerprint density at radius 1 is 0.667 bits per heavy atom. The van der Waals surface area contributed by atoms with Gasteiger partial charge >= 0.3 is 7.12 Å². The third-order valence-corrected chi connectivity index (χ3v) is 10.9. The first kappa shape index (κ1) is 23.7. The van der Waals surface area contributed by atoms with Gasteiger partial charge in [-0.2, -0.15) is 0 Å². The molecule has 1 saturated heterocycles. The fourth-order valence-corrected chi connectivity index (χ4v) is 7.69. The fraction of sp³-hybridized carbons (Fsp3) is 0.310. The smallest absolute Gasteiger partial charge is 0.399 e. The van der Waals surface area contributed by atoms with Gasteiger partial charge in [0, 0.05) is 0 Å². The van der Waals surface area contributed by atoms with Gasteiger partial charge in [-0.1, -0.05) is 109 Å².